The Kier molecular flexibility index (Phi) is 5.68. The summed E-state index contributed by atoms with van der Waals surface area (Å²) in [5.41, 5.74) is 0.957. The Morgan fingerprint density at radius 1 is 1.15 bits per heavy atom. The van der Waals surface area contributed by atoms with E-state index < -0.39 is 0 Å². The van der Waals surface area contributed by atoms with Crippen LogP contribution < -0.4 is 0 Å². The minimum absolute atomic E-state index is 0.202. The molecule has 1 unspecified atom stereocenters. The van der Waals surface area contributed by atoms with Crippen molar-refractivity contribution in [3.05, 3.63) is 64.6 Å². The monoisotopic (exact) mass is 350 g/mol. The third-order valence-electron chi connectivity index (χ3n) is 2.67. The first-order valence-electron chi connectivity index (χ1n) is 6.34. The van der Waals surface area contributed by atoms with Crippen molar-refractivity contribution in [3.63, 3.8) is 0 Å². The highest BCUT2D eigenvalue weighted by Crippen LogP contribution is 2.36. The number of halogens is 1. The molecule has 0 heterocycles. The van der Waals surface area contributed by atoms with Gasteiger partial charge in [0.15, 0.2) is 0 Å². The second-order valence-electron chi connectivity index (χ2n) is 4.11. The van der Waals surface area contributed by atoms with Gasteiger partial charge in [-0.25, -0.2) is 0 Å². The molecule has 0 saturated heterocycles. The highest BCUT2D eigenvalue weighted by atomic mass is 79.9. The zero-order valence-corrected chi connectivity index (χ0v) is 13.5. The van der Waals surface area contributed by atoms with Crippen LogP contribution in [0.15, 0.2) is 64.0 Å². The predicted octanol–water partition coefficient (Wildman–Crippen LogP) is 4.85. The summed E-state index contributed by atoms with van der Waals surface area (Å²) in [6.07, 6.45) is 0. The van der Waals surface area contributed by atoms with Crippen LogP contribution in [0.3, 0.4) is 0 Å². The van der Waals surface area contributed by atoms with Crippen LogP contribution in [0.4, 0.5) is 0 Å². The Hall–Kier alpha value is -1.26. The Morgan fingerprint density at radius 3 is 2.40 bits per heavy atom. The van der Waals surface area contributed by atoms with Crippen LogP contribution in [0.5, 0.6) is 0 Å². The molecule has 0 aromatic heterocycles. The topological polar surface area (TPSA) is 26.3 Å². The molecule has 0 aliphatic carbocycles. The first-order valence-corrected chi connectivity index (χ1v) is 8.01. The first-order chi connectivity index (χ1) is 9.70. The van der Waals surface area contributed by atoms with Crippen molar-refractivity contribution in [2.45, 2.75) is 17.1 Å². The Balaban J connectivity index is 2.23. The van der Waals surface area contributed by atoms with Crippen molar-refractivity contribution < 1.29 is 9.53 Å². The molecular formula is C16H15BrO2S. The number of carbonyl (C=O) groups excluding carboxylic acids is 1. The average molecular weight is 351 g/mol. The number of thioether (sulfide) groups is 1. The Bertz CT molecular complexity index is 554. The van der Waals surface area contributed by atoms with E-state index in [1.165, 1.54) is 11.8 Å². The molecule has 0 spiro atoms. The van der Waals surface area contributed by atoms with Crippen LogP contribution in [-0.2, 0) is 9.53 Å². The van der Waals surface area contributed by atoms with Gasteiger partial charge in [0.05, 0.1) is 6.61 Å². The van der Waals surface area contributed by atoms with Gasteiger partial charge >= 0.3 is 5.97 Å². The van der Waals surface area contributed by atoms with Gasteiger partial charge in [0.2, 0.25) is 0 Å². The summed E-state index contributed by atoms with van der Waals surface area (Å²) in [5.74, 6) is -0.202. The highest BCUT2D eigenvalue weighted by Gasteiger charge is 2.23. The molecule has 2 aromatic carbocycles. The molecule has 0 fully saturated rings. The summed E-state index contributed by atoms with van der Waals surface area (Å²) in [7, 11) is 0. The smallest absolute Gasteiger partial charge is 0.323 e. The normalized spacial score (nSPS) is 11.9. The second kappa shape index (κ2) is 7.50. The van der Waals surface area contributed by atoms with Crippen LogP contribution in [0.25, 0.3) is 0 Å². The van der Waals surface area contributed by atoms with Gasteiger partial charge in [0.1, 0.15) is 5.25 Å². The Morgan fingerprint density at radius 2 is 1.80 bits per heavy atom. The van der Waals surface area contributed by atoms with Gasteiger partial charge in [0, 0.05) is 9.37 Å². The Labute approximate surface area is 131 Å². The van der Waals surface area contributed by atoms with E-state index in [1.54, 1.807) is 0 Å². The van der Waals surface area contributed by atoms with E-state index in [9.17, 15) is 4.79 Å². The SMILES string of the molecule is CCOC(=O)C(Sc1ccc(Br)cc1)c1ccccc1. The maximum Gasteiger partial charge on any atom is 0.323 e. The lowest BCUT2D eigenvalue weighted by Gasteiger charge is -2.15. The lowest BCUT2D eigenvalue weighted by Crippen LogP contribution is -2.13. The number of rotatable bonds is 5. The zero-order chi connectivity index (χ0) is 14.4. The third kappa shape index (κ3) is 4.12. The van der Waals surface area contributed by atoms with Gasteiger partial charge in [-0.15, -0.1) is 11.8 Å². The highest BCUT2D eigenvalue weighted by molar-refractivity contribution is 9.10. The maximum absolute atomic E-state index is 12.2. The number of carbonyl (C=O) groups is 1. The molecule has 1 atom stereocenters. The van der Waals surface area contributed by atoms with E-state index in [-0.39, 0.29) is 11.2 Å². The van der Waals surface area contributed by atoms with Gasteiger partial charge in [-0.05, 0) is 36.8 Å². The molecule has 0 saturated carbocycles. The number of esters is 1. The van der Waals surface area contributed by atoms with Crippen LogP contribution in [0, 0.1) is 0 Å². The van der Waals surface area contributed by atoms with Crippen LogP contribution in [-0.4, -0.2) is 12.6 Å². The summed E-state index contributed by atoms with van der Waals surface area (Å²) >= 11 is 4.91. The minimum Gasteiger partial charge on any atom is -0.465 e. The van der Waals surface area contributed by atoms with E-state index in [0.29, 0.717) is 6.61 Å². The van der Waals surface area contributed by atoms with Crippen LogP contribution in [0.1, 0.15) is 17.7 Å². The molecule has 0 radical (unpaired) electrons. The van der Waals surface area contributed by atoms with Crippen molar-refractivity contribution in [2.75, 3.05) is 6.61 Å². The number of hydrogen-bond donors (Lipinski definition) is 0. The summed E-state index contributed by atoms with van der Waals surface area (Å²) in [4.78, 5) is 13.2. The van der Waals surface area contributed by atoms with Gasteiger partial charge in [-0.3, -0.25) is 4.79 Å². The minimum atomic E-state index is -0.336. The summed E-state index contributed by atoms with van der Waals surface area (Å²) < 4.78 is 6.21. The first kappa shape index (κ1) is 15.1. The van der Waals surface area contributed by atoms with E-state index in [2.05, 4.69) is 15.9 Å². The predicted molar refractivity (Wildman–Crippen MR) is 85.8 cm³/mol. The van der Waals surface area contributed by atoms with Crippen molar-refractivity contribution in [2.24, 2.45) is 0 Å². The van der Waals surface area contributed by atoms with E-state index in [4.69, 9.17) is 4.74 Å². The van der Waals surface area contributed by atoms with Gasteiger partial charge in [-0.1, -0.05) is 46.3 Å². The van der Waals surface area contributed by atoms with E-state index in [1.807, 2.05) is 61.5 Å². The van der Waals surface area contributed by atoms with E-state index >= 15 is 0 Å². The molecule has 0 N–H and O–H groups in total. The van der Waals surface area contributed by atoms with Crippen molar-refractivity contribution >= 4 is 33.7 Å². The fraction of sp³-hybridized carbons (Fsp3) is 0.188. The molecule has 0 aliphatic heterocycles. The lowest BCUT2D eigenvalue weighted by atomic mass is 10.1. The average Bonchev–Trinajstić information content (AvgIpc) is 2.48. The molecular weight excluding hydrogens is 336 g/mol. The third-order valence-corrected chi connectivity index (χ3v) is 4.44. The fourth-order valence-electron chi connectivity index (χ4n) is 1.75. The zero-order valence-electron chi connectivity index (χ0n) is 11.1. The van der Waals surface area contributed by atoms with Crippen LogP contribution in [0.2, 0.25) is 0 Å². The summed E-state index contributed by atoms with van der Waals surface area (Å²) in [6.45, 7) is 2.22. The van der Waals surface area contributed by atoms with Crippen LogP contribution >= 0.6 is 27.7 Å². The molecule has 104 valence electrons. The standard InChI is InChI=1S/C16H15BrO2S/c1-2-19-16(18)15(12-6-4-3-5-7-12)20-14-10-8-13(17)9-11-14/h3-11,15H,2H2,1H3. The molecule has 2 rings (SSSR count). The quantitative estimate of drug-likeness (QED) is 0.569. The number of benzene rings is 2. The molecule has 0 aliphatic rings. The fourth-order valence-corrected chi connectivity index (χ4v) is 3.03. The van der Waals surface area contributed by atoms with Crippen molar-refractivity contribution in [3.8, 4) is 0 Å². The van der Waals surface area contributed by atoms with Gasteiger partial charge < -0.3 is 4.74 Å². The van der Waals surface area contributed by atoms with Crippen molar-refractivity contribution in [1.82, 2.24) is 0 Å². The summed E-state index contributed by atoms with van der Waals surface area (Å²) in [6, 6.07) is 17.6. The maximum atomic E-state index is 12.2. The molecule has 2 nitrogen and oxygen atoms in total. The second-order valence-corrected chi connectivity index (χ2v) is 6.21. The van der Waals surface area contributed by atoms with Gasteiger partial charge in [-0.2, -0.15) is 0 Å². The molecule has 20 heavy (non-hydrogen) atoms. The molecule has 0 amide bonds. The van der Waals surface area contributed by atoms with Gasteiger partial charge in [0.25, 0.3) is 0 Å². The molecule has 0 bridgehead atoms. The van der Waals surface area contributed by atoms with Crippen molar-refractivity contribution in [1.29, 1.82) is 0 Å². The number of ether oxygens (including phenoxy) is 1. The molecule has 2 aromatic rings. The number of hydrogen-bond acceptors (Lipinski definition) is 3. The lowest BCUT2D eigenvalue weighted by molar-refractivity contribution is -0.142. The molecule has 4 heteroatoms. The largest absolute Gasteiger partial charge is 0.465 e. The summed E-state index contributed by atoms with van der Waals surface area (Å²) in [5, 5.41) is -0.336. The van der Waals surface area contributed by atoms with E-state index in [0.717, 1.165) is 14.9 Å².